The van der Waals surface area contributed by atoms with E-state index in [1.807, 2.05) is 32.0 Å². The molecule has 3 heteroatoms. The minimum Gasteiger partial charge on any atom is -0.216 e. The Morgan fingerprint density at radius 1 is 1.21 bits per heavy atom. The summed E-state index contributed by atoms with van der Waals surface area (Å²) in [5, 5.41) is 2.23. The van der Waals surface area contributed by atoms with Gasteiger partial charge in [0.05, 0.1) is 6.26 Å². The van der Waals surface area contributed by atoms with Crippen LogP contribution in [0, 0.1) is 25.0 Å². The van der Waals surface area contributed by atoms with Crippen molar-refractivity contribution in [3.63, 3.8) is 0 Å². The summed E-state index contributed by atoms with van der Waals surface area (Å²) in [6, 6.07) is 5.79. The van der Waals surface area contributed by atoms with Crippen LogP contribution in [0.2, 0.25) is 0 Å². The van der Waals surface area contributed by atoms with E-state index in [4.69, 9.17) is 0 Å². The lowest BCUT2D eigenvalue weighted by atomic mass is 10.1. The quantitative estimate of drug-likeness (QED) is 0.608. The highest BCUT2D eigenvalue weighted by Gasteiger charge is 1.96. The van der Waals surface area contributed by atoms with E-state index >= 15 is 0 Å². The maximum absolute atomic E-state index is 10.8. The number of hydrogen-bond donors (Lipinski definition) is 0. The highest BCUT2D eigenvalue weighted by molar-refractivity contribution is 7.95. The standard InChI is InChI=1S/C11H12O2S/c1-9-4-5-10(2)11(8-9)6-7-14(3,12)13/h4-5,8H,1-3H3. The second-order valence-electron chi connectivity index (χ2n) is 3.32. The fourth-order valence-electron chi connectivity index (χ4n) is 1.02. The lowest BCUT2D eigenvalue weighted by Crippen LogP contribution is -1.90. The van der Waals surface area contributed by atoms with Crippen LogP contribution in [-0.4, -0.2) is 14.7 Å². The molecule has 74 valence electrons. The molecule has 0 radical (unpaired) electrons. The molecule has 0 spiro atoms. The van der Waals surface area contributed by atoms with Crippen LogP contribution in [0.1, 0.15) is 16.7 Å². The summed E-state index contributed by atoms with van der Waals surface area (Å²) >= 11 is 0. The molecule has 0 aliphatic rings. The third-order valence-corrected chi connectivity index (χ3v) is 2.24. The van der Waals surface area contributed by atoms with Gasteiger partial charge < -0.3 is 0 Å². The van der Waals surface area contributed by atoms with E-state index in [0.717, 1.165) is 22.9 Å². The van der Waals surface area contributed by atoms with Crippen LogP contribution in [0.25, 0.3) is 0 Å². The Morgan fingerprint density at radius 2 is 1.86 bits per heavy atom. The van der Waals surface area contributed by atoms with Crippen LogP contribution in [-0.2, 0) is 9.84 Å². The number of hydrogen-bond acceptors (Lipinski definition) is 2. The van der Waals surface area contributed by atoms with Gasteiger partial charge in [-0.15, -0.1) is 0 Å². The lowest BCUT2D eigenvalue weighted by Gasteiger charge is -1.98. The second-order valence-corrected chi connectivity index (χ2v) is 5.07. The highest BCUT2D eigenvalue weighted by atomic mass is 32.2. The van der Waals surface area contributed by atoms with E-state index in [1.54, 1.807) is 0 Å². The minimum absolute atomic E-state index is 0.774. The molecule has 0 atom stereocenters. The van der Waals surface area contributed by atoms with Gasteiger partial charge in [-0.05, 0) is 37.0 Å². The van der Waals surface area contributed by atoms with E-state index in [0.29, 0.717) is 0 Å². The number of rotatable bonds is 0. The van der Waals surface area contributed by atoms with Crippen LogP contribution in [0.5, 0.6) is 0 Å². The molecule has 0 aliphatic heterocycles. The first kappa shape index (κ1) is 10.8. The molecule has 0 aliphatic carbocycles. The third kappa shape index (κ3) is 3.23. The minimum atomic E-state index is -3.21. The molecule has 1 rings (SSSR count). The maximum Gasteiger partial charge on any atom is 0.214 e. The molecular formula is C11H12O2S. The van der Waals surface area contributed by atoms with Crippen LogP contribution in [0.4, 0.5) is 0 Å². The first-order valence-electron chi connectivity index (χ1n) is 4.18. The van der Waals surface area contributed by atoms with Gasteiger partial charge in [0.25, 0.3) is 0 Å². The molecule has 0 bridgehead atoms. The normalized spacial score (nSPS) is 10.5. The van der Waals surface area contributed by atoms with Crippen molar-refractivity contribution in [1.29, 1.82) is 0 Å². The molecule has 0 saturated heterocycles. The predicted octanol–water partition coefficient (Wildman–Crippen LogP) is 1.66. The van der Waals surface area contributed by atoms with Crippen molar-refractivity contribution < 1.29 is 8.42 Å². The first-order valence-corrected chi connectivity index (χ1v) is 6.08. The molecule has 0 fully saturated rings. The zero-order valence-corrected chi connectivity index (χ0v) is 9.27. The zero-order valence-electron chi connectivity index (χ0n) is 8.46. The summed E-state index contributed by atoms with van der Waals surface area (Å²) in [7, 11) is -3.21. The Kier molecular flexibility index (Phi) is 2.97. The Morgan fingerprint density at radius 3 is 2.43 bits per heavy atom. The Balaban J connectivity index is 3.19. The Bertz CT molecular complexity index is 502. The smallest absolute Gasteiger partial charge is 0.214 e. The molecule has 0 N–H and O–H groups in total. The van der Waals surface area contributed by atoms with E-state index in [2.05, 4.69) is 11.2 Å². The third-order valence-electron chi connectivity index (χ3n) is 1.76. The number of sulfone groups is 1. The molecule has 2 nitrogen and oxygen atoms in total. The fourth-order valence-corrected chi connectivity index (χ4v) is 1.31. The van der Waals surface area contributed by atoms with Gasteiger partial charge in [0, 0.05) is 10.8 Å². The fraction of sp³-hybridized carbons (Fsp3) is 0.273. The van der Waals surface area contributed by atoms with Crippen molar-refractivity contribution in [2.45, 2.75) is 13.8 Å². The Labute approximate surface area is 84.9 Å². The topological polar surface area (TPSA) is 34.1 Å². The van der Waals surface area contributed by atoms with Gasteiger partial charge in [-0.2, -0.15) is 0 Å². The van der Waals surface area contributed by atoms with Crippen LogP contribution in [0.3, 0.4) is 0 Å². The largest absolute Gasteiger partial charge is 0.216 e. The summed E-state index contributed by atoms with van der Waals surface area (Å²) in [6.07, 6.45) is 1.10. The van der Waals surface area contributed by atoms with Crippen molar-refractivity contribution in [2.75, 3.05) is 6.26 Å². The number of benzene rings is 1. The van der Waals surface area contributed by atoms with Gasteiger partial charge >= 0.3 is 0 Å². The van der Waals surface area contributed by atoms with Crippen molar-refractivity contribution >= 4 is 9.84 Å². The van der Waals surface area contributed by atoms with E-state index in [1.165, 1.54) is 0 Å². The summed E-state index contributed by atoms with van der Waals surface area (Å²) in [5.74, 6) is 2.66. The summed E-state index contributed by atoms with van der Waals surface area (Å²) in [4.78, 5) is 0. The number of aryl methyl sites for hydroxylation is 2. The molecular weight excluding hydrogens is 196 g/mol. The first-order chi connectivity index (χ1) is 6.38. The summed E-state index contributed by atoms with van der Waals surface area (Å²) in [5.41, 5.74) is 2.84. The lowest BCUT2D eigenvalue weighted by molar-refractivity contribution is 0.611. The van der Waals surface area contributed by atoms with E-state index in [-0.39, 0.29) is 0 Å². The van der Waals surface area contributed by atoms with Crippen LogP contribution < -0.4 is 0 Å². The zero-order chi connectivity index (χ0) is 10.8. The van der Waals surface area contributed by atoms with E-state index in [9.17, 15) is 8.42 Å². The molecule has 0 amide bonds. The van der Waals surface area contributed by atoms with Gasteiger partial charge in [0.15, 0.2) is 0 Å². The summed E-state index contributed by atoms with van der Waals surface area (Å²) < 4.78 is 21.7. The SMILES string of the molecule is Cc1ccc(C)c(C#CS(C)(=O)=O)c1. The molecule has 1 aromatic rings. The van der Waals surface area contributed by atoms with Gasteiger partial charge in [0.1, 0.15) is 0 Å². The average Bonchev–Trinajstić information content (AvgIpc) is 2.05. The molecule has 0 aromatic heterocycles. The van der Waals surface area contributed by atoms with Gasteiger partial charge in [0.2, 0.25) is 9.84 Å². The van der Waals surface area contributed by atoms with Gasteiger partial charge in [-0.25, -0.2) is 8.42 Å². The molecule has 0 saturated carbocycles. The highest BCUT2D eigenvalue weighted by Crippen LogP contribution is 2.08. The molecule has 0 heterocycles. The summed E-state index contributed by atoms with van der Waals surface area (Å²) in [6.45, 7) is 3.86. The van der Waals surface area contributed by atoms with Gasteiger partial charge in [-0.3, -0.25) is 0 Å². The molecule has 1 aromatic carbocycles. The van der Waals surface area contributed by atoms with Crippen LogP contribution in [0.15, 0.2) is 18.2 Å². The van der Waals surface area contributed by atoms with Crippen molar-refractivity contribution in [1.82, 2.24) is 0 Å². The van der Waals surface area contributed by atoms with Crippen molar-refractivity contribution in [3.05, 3.63) is 34.9 Å². The maximum atomic E-state index is 10.8. The second kappa shape index (κ2) is 3.85. The van der Waals surface area contributed by atoms with Crippen molar-refractivity contribution in [3.8, 4) is 11.2 Å². The van der Waals surface area contributed by atoms with Crippen LogP contribution >= 0.6 is 0 Å². The molecule has 0 unspecified atom stereocenters. The van der Waals surface area contributed by atoms with E-state index < -0.39 is 9.84 Å². The predicted molar refractivity (Wildman–Crippen MR) is 57.6 cm³/mol. The average molecular weight is 208 g/mol. The van der Waals surface area contributed by atoms with Crippen molar-refractivity contribution in [2.24, 2.45) is 0 Å². The molecule has 14 heavy (non-hydrogen) atoms. The van der Waals surface area contributed by atoms with Gasteiger partial charge in [-0.1, -0.05) is 12.1 Å². The monoisotopic (exact) mass is 208 g/mol. The Hall–Kier alpha value is -1.27.